The zero-order valence-electron chi connectivity index (χ0n) is 10.8. The zero-order chi connectivity index (χ0) is 12.8. The molecule has 0 saturated carbocycles. The van der Waals surface area contributed by atoms with Gasteiger partial charge >= 0.3 is 0 Å². The van der Waals surface area contributed by atoms with E-state index in [1.54, 1.807) is 11.8 Å². The SMILES string of the molecule is CCSC(C(=O)NCc1cc(C)on1)C(C)C. The van der Waals surface area contributed by atoms with Gasteiger partial charge in [-0.1, -0.05) is 25.9 Å². The van der Waals surface area contributed by atoms with Crippen LogP contribution in [-0.4, -0.2) is 22.1 Å². The van der Waals surface area contributed by atoms with E-state index < -0.39 is 0 Å². The standard InChI is InChI=1S/C12H20N2O2S/c1-5-17-11(8(2)3)12(15)13-7-10-6-9(4)16-14-10/h6,8,11H,5,7H2,1-4H3,(H,13,15). The molecule has 0 aliphatic carbocycles. The van der Waals surface area contributed by atoms with Crippen molar-refractivity contribution in [1.82, 2.24) is 10.5 Å². The molecule has 1 heterocycles. The summed E-state index contributed by atoms with van der Waals surface area (Å²) in [6.45, 7) is 8.46. The average Bonchev–Trinajstić information content (AvgIpc) is 2.68. The maximum absolute atomic E-state index is 12.0. The highest BCUT2D eigenvalue weighted by molar-refractivity contribution is 8.00. The third kappa shape index (κ3) is 4.42. The summed E-state index contributed by atoms with van der Waals surface area (Å²) in [6.07, 6.45) is 0. The molecule has 96 valence electrons. The van der Waals surface area contributed by atoms with Gasteiger partial charge in [-0.2, -0.15) is 0 Å². The number of aromatic nitrogens is 1. The largest absolute Gasteiger partial charge is 0.361 e. The third-order valence-corrected chi connectivity index (χ3v) is 3.78. The zero-order valence-corrected chi connectivity index (χ0v) is 11.6. The molecule has 0 spiro atoms. The van der Waals surface area contributed by atoms with E-state index in [0.717, 1.165) is 17.2 Å². The predicted molar refractivity (Wildman–Crippen MR) is 69.8 cm³/mol. The fourth-order valence-electron chi connectivity index (χ4n) is 1.53. The Morgan fingerprint density at radius 1 is 1.59 bits per heavy atom. The van der Waals surface area contributed by atoms with Crippen LogP contribution in [0.25, 0.3) is 0 Å². The van der Waals surface area contributed by atoms with E-state index in [2.05, 4.69) is 31.2 Å². The average molecular weight is 256 g/mol. The van der Waals surface area contributed by atoms with E-state index in [1.165, 1.54) is 0 Å². The minimum absolute atomic E-state index is 0.00741. The first-order valence-corrected chi connectivity index (χ1v) is 6.91. The Hall–Kier alpha value is -0.970. The fourth-order valence-corrected chi connectivity index (χ4v) is 2.51. The maximum Gasteiger partial charge on any atom is 0.233 e. The summed E-state index contributed by atoms with van der Waals surface area (Å²) in [5.74, 6) is 2.11. The number of hydrogen-bond acceptors (Lipinski definition) is 4. The van der Waals surface area contributed by atoms with Crippen LogP contribution in [-0.2, 0) is 11.3 Å². The van der Waals surface area contributed by atoms with Gasteiger partial charge in [0.15, 0.2) is 0 Å². The molecule has 0 aromatic carbocycles. The van der Waals surface area contributed by atoms with Gasteiger partial charge in [-0.05, 0) is 18.6 Å². The van der Waals surface area contributed by atoms with Crippen LogP contribution in [0, 0.1) is 12.8 Å². The van der Waals surface area contributed by atoms with E-state index >= 15 is 0 Å². The van der Waals surface area contributed by atoms with Crippen LogP contribution in [0.3, 0.4) is 0 Å². The van der Waals surface area contributed by atoms with Crippen molar-refractivity contribution in [3.63, 3.8) is 0 Å². The van der Waals surface area contributed by atoms with Gasteiger partial charge in [0.05, 0.1) is 11.8 Å². The Morgan fingerprint density at radius 2 is 2.29 bits per heavy atom. The molecule has 0 radical (unpaired) electrons. The lowest BCUT2D eigenvalue weighted by Gasteiger charge is -2.18. The van der Waals surface area contributed by atoms with Crippen molar-refractivity contribution in [3.8, 4) is 0 Å². The van der Waals surface area contributed by atoms with Crippen LogP contribution in [0.4, 0.5) is 0 Å². The molecule has 0 aliphatic heterocycles. The van der Waals surface area contributed by atoms with E-state index in [9.17, 15) is 4.79 Å². The number of nitrogens with one attached hydrogen (secondary N) is 1. The number of rotatable bonds is 6. The van der Waals surface area contributed by atoms with E-state index in [-0.39, 0.29) is 11.2 Å². The molecule has 1 unspecified atom stereocenters. The van der Waals surface area contributed by atoms with Crippen molar-refractivity contribution in [2.75, 3.05) is 5.75 Å². The molecule has 1 rings (SSSR count). The van der Waals surface area contributed by atoms with Gasteiger partial charge in [0.2, 0.25) is 5.91 Å². The Bertz CT molecular complexity index is 363. The van der Waals surface area contributed by atoms with Crippen molar-refractivity contribution in [2.45, 2.75) is 39.5 Å². The molecular formula is C12H20N2O2S. The smallest absolute Gasteiger partial charge is 0.233 e. The monoisotopic (exact) mass is 256 g/mol. The highest BCUT2D eigenvalue weighted by Crippen LogP contribution is 2.19. The molecule has 0 bridgehead atoms. The topological polar surface area (TPSA) is 55.1 Å². The van der Waals surface area contributed by atoms with E-state index in [1.807, 2.05) is 13.0 Å². The first-order valence-electron chi connectivity index (χ1n) is 5.86. The van der Waals surface area contributed by atoms with Gasteiger partial charge in [0.25, 0.3) is 0 Å². The number of aryl methyl sites for hydroxylation is 1. The summed E-state index contributed by atoms with van der Waals surface area (Å²) >= 11 is 1.68. The lowest BCUT2D eigenvalue weighted by molar-refractivity contribution is -0.121. The molecule has 1 amide bonds. The highest BCUT2D eigenvalue weighted by Gasteiger charge is 2.21. The summed E-state index contributed by atoms with van der Waals surface area (Å²) in [5.41, 5.74) is 0.764. The predicted octanol–water partition coefficient (Wildman–Crippen LogP) is 2.38. The minimum atomic E-state index is 0.00741. The van der Waals surface area contributed by atoms with Crippen LogP contribution in [0.5, 0.6) is 0 Å². The number of amides is 1. The van der Waals surface area contributed by atoms with E-state index in [0.29, 0.717) is 12.5 Å². The quantitative estimate of drug-likeness (QED) is 0.849. The Kier molecular flexibility index (Phi) is 5.55. The number of nitrogens with zero attached hydrogens (tertiary/aromatic N) is 1. The van der Waals surface area contributed by atoms with Crippen molar-refractivity contribution in [3.05, 3.63) is 17.5 Å². The lowest BCUT2D eigenvalue weighted by Crippen LogP contribution is -2.35. The molecule has 0 aliphatic rings. The molecule has 1 N–H and O–H groups in total. The van der Waals surface area contributed by atoms with Crippen LogP contribution in [0.1, 0.15) is 32.2 Å². The second-order valence-corrected chi connectivity index (χ2v) is 5.69. The van der Waals surface area contributed by atoms with Crippen molar-refractivity contribution >= 4 is 17.7 Å². The second kappa shape index (κ2) is 6.69. The molecule has 0 saturated heterocycles. The molecule has 4 nitrogen and oxygen atoms in total. The normalized spacial score (nSPS) is 12.8. The molecule has 1 aromatic heterocycles. The minimum Gasteiger partial charge on any atom is -0.361 e. The van der Waals surface area contributed by atoms with Crippen molar-refractivity contribution < 1.29 is 9.32 Å². The van der Waals surface area contributed by atoms with Gasteiger partial charge in [0.1, 0.15) is 11.5 Å². The van der Waals surface area contributed by atoms with Gasteiger partial charge in [0, 0.05) is 6.07 Å². The Balaban J connectivity index is 2.47. The molecule has 5 heteroatoms. The molecule has 1 aromatic rings. The van der Waals surface area contributed by atoms with Gasteiger partial charge in [-0.3, -0.25) is 4.79 Å². The third-order valence-electron chi connectivity index (χ3n) is 2.33. The second-order valence-electron chi connectivity index (χ2n) is 4.27. The van der Waals surface area contributed by atoms with Crippen LogP contribution in [0.2, 0.25) is 0 Å². The van der Waals surface area contributed by atoms with Crippen LogP contribution >= 0.6 is 11.8 Å². The number of carbonyl (C=O) groups is 1. The summed E-state index contributed by atoms with van der Waals surface area (Å²) in [6, 6.07) is 1.83. The lowest BCUT2D eigenvalue weighted by atomic mass is 10.1. The van der Waals surface area contributed by atoms with Crippen LogP contribution in [0.15, 0.2) is 10.6 Å². The van der Waals surface area contributed by atoms with Crippen molar-refractivity contribution in [1.29, 1.82) is 0 Å². The summed E-state index contributed by atoms with van der Waals surface area (Å²) in [4.78, 5) is 12.0. The van der Waals surface area contributed by atoms with Gasteiger partial charge in [-0.25, -0.2) is 0 Å². The van der Waals surface area contributed by atoms with Gasteiger partial charge < -0.3 is 9.84 Å². The molecule has 17 heavy (non-hydrogen) atoms. The highest BCUT2D eigenvalue weighted by atomic mass is 32.2. The molecular weight excluding hydrogens is 236 g/mol. The molecule has 0 fully saturated rings. The maximum atomic E-state index is 12.0. The first kappa shape index (κ1) is 14.1. The number of hydrogen-bond donors (Lipinski definition) is 1. The Labute approximate surface area is 107 Å². The van der Waals surface area contributed by atoms with Crippen molar-refractivity contribution in [2.24, 2.45) is 5.92 Å². The Morgan fingerprint density at radius 3 is 2.76 bits per heavy atom. The van der Waals surface area contributed by atoms with E-state index in [4.69, 9.17) is 4.52 Å². The van der Waals surface area contributed by atoms with Gasteiger partial charge in [-0.15, -0.1) is 11.8 Å². The molecule has 1 atom stereocenters. The summed E-state index contributed by atoms with van der Waals surface area (Å²) in [7, 11) is 0. The number of carbonyl (C=O) groups excluding carboxylic acids is 1. The summed E-state index contributed by atoms with van der Waals surface area (Å²) < 4.78 is 4.95. The number of thioether (sulfide) groups is 1. The first-order chi connectivity index (χ1) is 8.04. The summed E-state index contributed by atoms with van der Waals surface area (Å²) in [5, 5.41) is 6.75. The van der Waals surface area contributed by atoms with Crippen LogP contribution < -0.4 is 5.32 Å². The fraction of sp³-hybridized carbons (Fsp3) is 0.667.